The van der Waals surface area contributed by atoms with Gasteiger partial charge in [0.15, 0.2) is 5.78 Å². The molecular formula is C13H16N2O. The van der Waals surface area contributed by atoms with Crippen molar-refractivity contribution in [2.45, 2.75) is 24.4 Å². The molecule has 84 valence electrons. The summed E-state index contributed by atoms with van der Waals surface area (Å²) < 4.78 is 0. The largest absolute Gasteiger partial charge is 0.326 e. The molecule has 3 nitrogen and oxygen atoms in total. The van der Waals surface area contributed by atoms with Crippen molar-refractivity contribution < 1.29 is 4.79 Å². The normalized spacial score (nSPS) is 36.9. The molecule has 1 aromatic carbocycles. The van der Waals surface area contributed by atoms with Crippen molar-refractivity contribution in [1.82, 2.24) is 5.32 Å². The number of ketones is 1. The van der Waals surface area contributed by atoms with Gasteiger partial charge in [0.05, 0.1) is 0 Å². The van der Waals surface area contributed by atoms with Crippen LogP contribution in [0, 0.1) is 5.92 Å². The van der Waals surface area contributed by atoms with Crippen LogP contribution in [-0.2, 0) is 11.2 Å². The highest BCUT2D eigenvalue weighted by atomic mass is 16.1. The van der Waals surface area contributed by atoms with E-state index in [-0.39, 0.29) is 17.5 Å². The molecule has 16 heavy (non-hydrogen) atoms. The van der Waals surface area contributed by atoms with E-state index in [9.17, 15) is 4.79 Å². The monoisotopic (exact) mass is 216 g/mol. The smallest absolute Gasteiger partial charge is 0.159 e. The van der Waals surface area contributed by atoms with Gasteiger partial charge in [-0.05, 0) is 18.4 Å². The van der Waals surface area contributed by atoms with E-state index in [1.807, 2.05) is 18.2 Å². The predicted octanol–water partition coefficient (Wildman–Crippen LogP) is 0.487. The van der Waals surface area contributed by atoms with Crippen molar-refractivity contribution in [2.75, 3.05) is 6.54 Å². The van der Waals surface area contributed by atoms with Crippen LogP contribution >= 0.6 is 0 Å². The van der Waals surface area contributed by atoms with Crippen LogP contribution in [0.15, 0.2) is 30.3 Å². The van der Waals surface area contributed by atoms with Crippen molar-refractivity contribution in [1.29, 1.82) is 0 Å². The van der Waals surface area contributed by atoms with Crippen LogP contribution < -0.4 is 11.1 Å². The fraction of sp³-hybridized carbons (Fsp3) is 0.462. The lowest BCUT2D eigenvalue weighted by molar-refractivity contribution is -0.122. The van der Waals surface area contributed by atoms with Crippen LogP contribution in [0.1, 0.15) is 12.0 Å². The summed E-state index contributed by atoms with van der Waals surface area (Å²) in [5, 5.41) is 3.15. The lowest BCUT2D eigenvalue weighted by Gasteiger charge is -2.08. The Kier molecular flexibility index (Phi) is 2.13. The average Bonchev–Trinajstić information content (AvgIpc) is 3.06. The first-order valence-electron chi connectivity index (χ1n) is 5.81. The number of benzene rings is 1. The van der Waals surface area contributed by atoms with Crippen molar-refractivity contribution in [3.8, 4) is 0 Å². The van der Waals surface area contributed by atoms with Gasteiger partial charge in [-0.15, -0.1) is 0 Å². The van der Waals surface area contributed by atoms with Gasteiger partial charge in [0.25, 0.3) is 0 Å². The van der Waals surface area contributed by atoms with Gasteiger partial charge in [0.2, 0.25) is 0 Å². The van der Waals surface area contributed by atoms with Crippen molar-refractivity contribution in [3.63, 3.8) is 0 Å². The van der Waals surface area contributed by atoms with Crippen LogP contribution in [0.4, 0.5) is 0 Å². The minimum atomic E-state index is -0.348. The molecule has 0 bridgehead atoms. The van der Waals surface area contributed by atoms with Crippen LogP contribution in [0.5, 0.6) is 0 Å². The topological polar surface area (TPSA) is 65.0 Å². The Morgan fingerprint density at radius 3 is 2.62 bits per heavy atom. The lowest BCUT2D eigenvalue weighted by atomic mass is 9.95. The first kappa shape index (κ1) is 10.00. The number of Topliss-reactive ketones (excluding diaryl/α,β-unsaturated/α-hetero) is 1. The van der Waals surface area contributed by atoms with E-state index >= 15 is 0 Å². The highest BCUT2D eigenvalue weighted by molar-refractivity contribution is 5.97. The molecule has 1 heterocycles. The first-order chi connectivity index (χ1) is 7.72. The molecule has 2 aliphatic rings. The van der Waals surface area contributed by atoms with Gasteiger partial charge in [0.1, 0.15) is 5.54 Å². The molecule has 3 unspecified atom stereocenters. The molecule has 1 aliphatic carbocycles. The highest BCUT2D eigenvalue weighted by Crippen LogP contribution is 2.38. The zero-order valence-electron chi connectivity index (χ0n) is 9.15. The van der Waals surface area contributed by atoms with Gasteiger partial charge >= 0.3 is 0 Å². The third-order valence-electron chi connectivity index (χ3n) is 3.86. The summed E-state index contributed by atoms with van der Waals surface area (Å²) in [4.78, 5) is 12.2. The Morgan fingerprint density at radius 2 is 2.06 bits per heavy atom. The summed E-state index contributed by atoms with van der Waals surface area (Å²) in [6.45, 7) is 0.776. The molecule has 1 spiro atoms. The standard InChI is InChI=1S/C13H16N2O/c14-11-7-10(12(16)13(11)8-15-13)6-9-4-2-1-3-5-9/h1-5,10-11,15H,6-8,14H2. The summed E-state index contributed by atoms with van der Waals surface area (Å²) in [6, 6.07) is 10.2. The van der Waals surface area contributed by atoms with Gasteiger partial charge in [0, 0.05) is 18.5 Å². The third-order valence-corrected chi connectivity index (χ3v) is 3.86. The average molecular weight is 216 g/mol. The summed E-state index contributed by atoms with van der Waals surface area (Å²) in [6.07, 6.45) is 1.65. The Hall–Kier alpha value is -1.19. The molecule has 1 saturated carbocycles. The molecule has 1 aromatic rings. The molecule has 3 heteroatoms. The Labute approximate surface area is 95.0 Å². The number of hydrogen-bond donors (Lipinski definition) is 2. The first-order valence-corrected chi connectivity index (χ1v) is 5.81. The lowest BCUT2D eigenvalue weighted by Crippen LogP contribution is -2.39. The van der Waals surface area contributed by atoms with Crippen LogP contribution in [-0.4, -0.2) is 23.9 Å². The van der Waals surface area contributed by atoms with Crippen LogP contribution in [0.25, 0.3) is 0 Å². The van der Waals surface area contributed by atoms with Crippen LogP contribution in [0.2, 0.25) is 0 Å². The molecule has 1 aliphatic heterocycles. The van der Waals surface area contributed by atoms with Gasteiger partial charge in [-0.2, -0.15) is 0 Å². The fourth-order valence-electron chi connectivity index (χ4n) is 2.77. The second-order valence-electron chi connectivity index (χ2n) is 4.92. The van der Waals surface area contributed by atoms with Gasteiger partial charge < -0.3 is 11.1 Å². The maximum absolute atomic E-state index is 12.2. The zero-order chi connectivity index (χ0) is 11.2. The predicted molar refractivity (Wildman–Crippen MR) is 62.0 cm³/mol. The van der Waals surface area contributed by atoms with E-state index in [2.05, 4.69) is 17.4 Å². The minimum Gasteiger partial charge on any atom is -0.326 e. The number of rotatable bonds is 2. The summed E-state index contributed by atoms with van der Waals surface area (Å²) in [5.41, 5.74) is 6.91. The summed E-state index contributed by atoms with van der Waals surface area (Å²) in [5.74, 6) is 0.427. The molecule has 3 atom stereocenters. The zero-order valence-corrected chi connectivity index (χ0v) is 9.15. The maximum Gasteiger partial charge on any atom is 0.159 e. The molecule has 2 fully saturated rings. The quantitative estimate of drug-likeness (QED) is 0.707. The molecular weight excluding hydrogens is 200 g/mol. The van der Waals surface area contributed by atoms with Crippen LogP contribution in [0.3, 0.4) is 0 Å². The number of nitrogens with one attached hydrogen (secondary N) is 1. The van der Waals surface area contributed by atoms with E-state index in [0.29, 0.717) is 5.78 Å². The van der Waals surface area contributed by atoms with Crippen molar-refractivity contribution >= 4 is 5.78 Å². The fourth-order valence-corrected chi connectivity index (χ4v) is 2.77. The Morgan fingerprint density at radius 1 is 1.38 bits per heavy atom. The number of carbonyl (C=O) groups excluding carboxylic acids is 1. The third kappa shape index (κ3) is 1.39. The van der Waals surface area contributed by atoms with Gasteiger partial charge in [-0.3, -0.25) is 4.79 Å². The van der Waals surface area contributed by atoms with E-state index in [0.717, 1.165) is 19.4 Å². The maximum atomic E-state index is 12.2. The second-order valence-corrected chi connectivity index (χ2v) is 4.92. The SMILES string of the molecule is NC1CC(Cc2ccccc2)C(=O)C12CN2. The van der Waals surface area contributed by atoms with E-state index in [1.54, 1.807) is 0 Å². The summed E-state index contributed by atoms with van der Waals surface area (Å²) in [7, 11) is 0. The molecule has 1 saturated heterocycles. The van der Waals surface area contributed by atoms with Crippen molar-refractivity contribution in [2.24, 2.45) is 11.7 Å². The number of hydrogen-bond acceptors (Lipinski definition) is 3. The van der Waals surface area contributed by atoms with E-state index in [4.69, 9.17) is 5.73 Å². The molecule has 3 N–H and O–H groups in total. The van der Waals surface area contributed by atoms with Crippen molar-refractivity contribution in [3.05, 3.63) is 35.9 Å². The summed E-state index contributed by atoms with van der Waals surface area (Å²) >= 11 is 0. The highest BCUT2D eigenvalue weighted by Gasteiger charge is 2.60. The van der Waals surface area contributed by atoms with E-state index in [1.165, 1.54) is 5.56 Å². The number of nitrogens with two attached hydrogens (primary N) is 1. The molecule has 3 rings (SSSR count). The van der Waals surface area contributed by atoms with Gasteiger partial charge in [-0.1, -0.05) is 30.3 Å². The van der Waals surface area contributed by atoms with Gasteiger partial charge in [-0.25, -0.2) is 0 Å². The molecule has 0 radical (unpaired) electrons. The molecule has 0 aromatic heterocycles. The second kappa shape index (κ2) is 3.40. The molecule has 0 amide bonds. The van der Waals surface area contributed by atoms with E-state index < -0.39 is 0 Å². The minimum absolute atomic E-state index is 0.00807. The Balaban J connectivity index is 1.76. The Bertz CT molecular complexity index is 411. The number of carbonyl (C=O) groups is 1.